The molecule has 0 saturated heterocycles. The second-order valence-corrected chi connectivity index (χ2v) is 5.43. The van der Waals surface area contributed by atoms with Crippen LogP contribution in [0.2, 0.25) is 0 Å². The van der Waals surface area contributed by atoms with E-state index in [-0.39, 0.29) is 0 Å². The molecule has 2 aromatic rings. The molecule has 1 N–H and O–H groups in total. The van der Waals surface area contributed by atoms with Crippen molar-refractivity contribution >= 4 is 5.97 Å². The van der Waals surface area contributed by atoms with Gasteiger partial charge in [0.25, 0.3) is 0 Å². The van der Waals surface area contributed by atoms with E-state index in [1.165, 1.54) is 30.4 Å². The molecular formula is C18H18O3. The van der Waals surface area contributed by atoms with Gasteiger partial charge < -0.3 is 9.84 Å². The van der Waals surface area contributed by atoms with E-state index < -0.39 is 5.97 Å². The van der Waals surface area contributed by atoms with Crippen LogP contribution in [0.4, 0.5) is 0 Å². The Morgan fingerprint density at radius 3 is 2.43 bits per heavy atom. The van der Waals surface area contributed by atoms with Gasteiger partial charge in [-0.3, -0.25) is 0 Å². The minimum atomic E-state index is -0.905. The highest BCUT2D eigenvalue weighted by Gasteiger charge is 2.10. The molecular weight excluding hydrogens is 264 g/mol. The van der Waals surface area contributed by atoms with Gasteiger partial charge in [-0.1, -0.05) is 18.2 Å². The normalized spacial score (nSPS) is 13.5. The first-order valence-corrected chi connectivity index (χ1v) is 7.29. The number of hydrogen-bond acceptors (Lipinski definition) is 2. The summed E-state index contributed by atoms with van der Waals surface area (Å²) >= 11 is 0. The molecule has 0 heterocycles. The van der Waals surface area contributed by atoms with Crippen molar-refractivity contribution in [3.8, 4) is 5.75 Å². The molecule has 108 valence electrons. The minimum Gasteiger partial charge on any atom is -0.489 e. The third-order valence-corrected chi connectivity index (χ3v) is 3.93. The summed E-state index contributed by atoms with van der Waals surface area (Å²) in [4.78, 5) is 10.8. The Labute approximate surface area is 124 Å². The lowest BCUT2D eigenvalue weighted by atomic mass is 9.92. The van der Waals surface area contributed by atoms with Gasteiger partial charge in [-0.25, -0.2) is 4.79 Å². The number of fused-ring (bicyclic) bond motifs is 1. The Morgan fingerprint density at radius 2 is 1.71 bits per heavy atom. The molecule has 1 aliphatic rings. The van der Waals surface area contributed by atoms with E-state index in [1.54, 1.807) is 24.3 Å². The van der Waals surface area contributed by atoms with Crippen LogP contribution in [0.1, 0.15) is 39.9 Å². The lowest BCUT2D eigenvalue weighted by Gasteiger charge is -2.16. The van der Waals surface area contributed by atoms with E-state index in [0.29, 0.717) is 12.2 Å². The number of carbonyl (C=O) groups is 1. The Kier molecular flexibility index (Phi) is 3.91. The quantitative estimate of drug-likeness (QED) is 0.926. The van der Waals surface area contributed by atoms with Crippen molar-refractivity contribution in [2.24, 2.45) is 0 Å². The topological polar surface area (TPSA) is 46.5 Å². The van der Waals surface area contributed by atoms with Gasteiger partial charge in [-0.2, -0.15) is 0 Å². The second kappa shape index (κ2) is 6.00. The average Bonchev–Trinajstić information content (AvgIpc) is 2.53. The zero-order chi connectivity index (χ0) is 14.7. The molecule has 0 atom stereocenters. The molecule has 0 amide bonds. The number of carboxylic acids is 1. The summed E-state index contributed by atoms with van der Waals surface area (Å²) in [6.45, 7) is 0.457. The van der Waals surface area contributed by atoms with E-state index >= 15 is 0 Å². The van der Waals surface area contributed by atoms with E-state index in [4.69, 9.17) is 9.84 Å². The van der Waals surface area contributed by atoms with Gasteiger partial charge >= 0.3 is 5.97 Å². The van der Waals surface area contributed by atoms with Gasteiger partial charge in [0.05, 0.1) is 5.56 Å². The SMILES string of the molecule is O=C(O)c1ccc(COc2ccc3c(c2)CCCC3)cc1. The summed E-state index contributed by atoms with van der Waals surface area (Å²) in [6.07, 6.45) is 4.85. The number of benzene rings is 2. The van der Waals surface area contributed by atoms with Crippen LogP contribution in [0.3, 0.4) is 0 Å². The molecule has 3 rings (SSSR count). The summed E-state index contributed by atoms with van der Waals surface area (Å²) in [5.41, 5.74) is 4.12. The van der Waals surface area contributed by atoms with Crippen molar-refractivity contribution in [2.75, 3.05) is 0 Å². The monoisotopic (exact) mass is 282 g/mol. The standard InChI is InChI=1S/C18H18O3/c19-18(20)15-7-5-13(6-8-15)12-21-17-10-9-14-3-1-2-4-16(14)11-17/h5-11H,1-4,12H2,(H,19,20). The van der Waals surface area contributed by atoms with Crippen LogP contribution in [0.15, 0.2) is 42.5 Å². The van der Waals surface area contributed by atoms with E-state index in [0.717, 1.165) is 17.7 Å². The molecule has 0 aromatic heterocycles. The molecule has 0 bridgehead atoms. The van der Waals surface area contributed by atoms with Crippen LogP contribution < -0.4 is 4.74 Å². The lowest BCUT2D eigenvalue weighted by molar-refractivity contribution is 0.0697. The lowest BCUT2D eigenvalue weighted by Crippen LogP contribution is -2.03. The number of aromatic carboxylic acids is 1. The van der Waals surface area contributed by atoms with Crippen molar-refractivity contribution in [1.82, 2.24) is 0 Å². The molecule has 3 nitrogen and oxygen atoms in total. The summed E-state index contributed by atoms with van der Waals surface area (Å²) < 4.78 is 5.81. The molecule has 0 saturated carbocycles. The Bertz CT molecular complexity index is 644. The summed E-state index contributed by atoms with van der Waals surface area (Å²) in [7, 11) is 0. The average molecular weight is 282 g/mol. The predicted octanol–water partition coefficient (Wildman–Crippen LogP) is 3.84. The molecule has 0 aliphatic heterocycles. The molecule has 0 unspecified atom stereocenters. The van der Waals surface area contributed by atoms with Crippen LogP contribution in [0.25, 0.3) is 0 Å². The van der Waals surface area contributed by atoms with Crippen LogP contribution >= 0.6 is 0 Å². The second-order valence-electron chi connectivity index (χ2n) is 5.43. The third kappa shape index (κ3) is 3.24. The van der Waals surface area contributed by atoms with Crippen molar-refractivity contribution in [3.05, 3.63) is 64.7 Å². The van der Waals surface area contributed by atoms with Gasteiger partial charge in [0.1, 0.15) is 12.4 Å². The largest absolute Gasteiger partial charge is 0.489 e. The Hall–Kier alpha value is -2.29. The molecule has 2 aromatic carbocycles. The fourth-order valence-electron chi connectivity index (χ4n) is 2.71. The van der Waals surface area contributed by atoms with Crippen molar-refractivity contribution < 1.29 is 14.6 Å². The van der Waals surface area contributed by atoms with Gasteiger partial charge in [0.2, 0.25) is 0 Å². The zero-order valence-electron chi connectivity index (χ0n) is 11.8. The predicted molar refractivity (Wildman–Crippen MR) is 80.8 cm³/mol. The van der Waals surface area contributed by atoms with Crippen LogP contribution in [0, 0.1) is 0 Å². The number of ether oxygens (including phenoxy) is 1. The van der Waals surface area contributed by atoms with E-state index in [9.17, 15) is 4.79 Å². The van der Waals surface area contributed by atoms with E-state index in [2.05, 4.69) is 12.1 Å². The van der Waals surface area contributed by atoms with Crippen molar-refractivity contribution in [2.45, 2.75) is 32.3 Å². The third-order valence-electron chi connectivity index (χ3n) is 3.93. The highest BCUT2D eigenvalue weighted by atomic mass is 16.5. The molecule has 21 heavy (non-hydrogen) atoms. The maximum atomic E-state index is 10.8. The molecule has 3 heteroatoms. The highest BCUT2D eigenvalue weighted by Crippen LogP contribution is 2.25. The van der Waals surface area contributed by atoms with Gasteiger partial charge in [-0.15, -0.1) is 0 Å². The molecule has 0 fully saturated rings. The Morgan fingerprint density at radius 1 is 1.00 bits per heavy atom. The first-order valence-electron chi connectivity index (χ1n) is 7.29. The van der Waals surface area contributed by atoms with Crippen molar-refractivity contribution in [1.29, 1.82) is 0 Å². The number of aryl methyl sites for hydroxylation is 2. The van der Waals surface area contributed by atoms with Crippen molar-refractivity contribution in [3.63, 3.8) is 0 Å². The van der Waals surface area contributed by atoms with Gasteiger partial charge in [0.15, 0.2) is 0 Å². The van der Waals surface area contributed by atoms with Crippen LogP contribution in [-0.2, 0) is 19.4 Å². The van der Waals surface area contributed by atoms with E-state index in [1.807, 2.05) is 6.07 Å². The van der Waals surface area contributed by atoms with Crippen LogP contribution in [-0.4, -0.2) is 11.1 Å². The minimum absolute atomic E-state index is 0.299. The smallest absolute Gasteiger partial charge is 0.335 e. The summed E-state index contributed by atoms with van der Waals surface area (Å²) in [5.74, 6) is -0.0184. The summed E-state index contributed by atoms with van der Waals surface area (Å²) in [6, 6.07) is 13.1. The molecule has 1 aliphatic carbocycles. The zero-order valence-corrected chi connectivity index (χ0v) is 11.8. The number of carboxylic acid groups (broad SMARTS) is 1. The van der Waals surface area contributed by atoms with Crippen LogP contribution in [0.5, 0.6) is 5.75 Å². The number of hydrogen-bond donors (Lipinski definition) is 1. The fourth-order valence-corrected chi connectivity index (χ4v) is 2.71. The first kappa shape index (κ1) is 13.7. The number of rotatable bonds is 4. The highest BCUT2D eigenvalue weighted by molar-refractivity contribution is 5.87. The van der Waals surface area contributed by atoms with Gasteiger partial charge in [0, 0.05) is 0 Å². The fraction of sp³-hybridized carbons (Fsp3) is 0.278. The Balaban J connectivity index is 1.65. The van der Waals surface area contributed by atoms with Gasteiger partial charge in [-0.05, 0) is 66.6 Å². The maximum Gasteiger partial charge on any atom is 0.335 e. The maximum absolute atomic E-state index is 10.8. The molecule has 0 spiro atoms. The summed E-state index contributed by atoms with van der Waals surface area (Å²) in [5, 5.41) is 8.86. The first-order chi connectivity index (χ1) is 10.2. The molecule has 0 radical (unpaired) electrons.